The molecule has 0 radical (unpaired) electrons. The predicted octanol–water partition coefficient (Wildman–Crippen LogP) is 2.09. The average molecular weight is 271 g/mol. The van der Waals surface area contributed by atoms with Crippen LogP contribution in [0.3, 0.4) is 0 Å². The van der Waals surface area contributed by atoms with Crippen LogP contribution in [0.15, 0.2) is 39.5 Å². The molecule has 2 rings (SSSR count). The standard InChI is InChI=1S/C12H8F3NO3/c13-12(14,15)6-16-10(17)9-5-7-3-1-2-4-8(7)11(18)19-9/h1-5H,6H2,(H,16,17). The summed E-state index contributed by atoms with van der Waals surface area (Å²) in [5.41, 5.74) is -0.768. The van der Waals surface area contributed by atoms with Crippen molar-refractivity contribution in [1.29, 1.82) is 0 Å². The maximum atomic E-state index is 12.0. The van der Waals surface area contributed by atoms with Crippen molar-refractivity contribution in [3.8, 4) is 0 Å². The lowest BCUT2D eigenvalue weighted by molar-refractivity contribution is -0.123. The van der Waals surface area contributed by atoms with Crippen molar-refractivity contribution in [2.24, 2.45) is 0 Å². The lowest BCUT2D eigenvalue weighted by Crippen LogP contribution is -2.34. The number of amides is 1. The third-order valence-electron chi connectivity index (χ3n) is 2.34. The van der Waals surface area contributed by atoms with E-state index in [0.717, 1.165) is 0 Å². The molecule has 1 aromatic carbocycles. The summed E-state index contributed by atoms with van der Waals surface area (Å²) in [6.45, 7) is -1.48. The van der Waals surface area contributed by atoms with Gasteiger partial charge in [-0.05, 0) is 17.5 Å². The molecule has 0 bridgehead atoms. The number of benzene rings is 1. The van der Waals surface area contributed by atoms with Crippen LogP contribution in [0.2, 0.25) is 0 Å². The second-order valence-corrected chi connectivity index (χ2v) is 3.78. The van der Waals surface area contributed by atoms with E-state index in [1.807, 2.05) is 0 Å². The number of fused-ring (bicyclic) bond motifs is 1. The van der Waals surface area contributed by atoms with Gasteiger partial charge in [-0.2, -0.15) is 13.2 Å². The van der Waals surface area contributed by atoms with E-state index in [-0.39, 0.29) is 5.39 Å². The Hall–Kier alpha value is -2.31. The van der Waals surface area contributed by atoms with E-state index in [4.69, 9.17) is 0 Å². The zero-order chi connectivity index (χ0) is 14.0. The first-order valence-electron chi connectivity index (χ1n) is 5.25. The van der Waals surface area contributed by atoms with E-state index in [1.54, 1.807) is 23.5 Å². The van der Waals surface area contributed by atoms with Gasteiger partial charge in [0.2, 0.25) is 0 Å². The molecule has 0 atom stereocenters. The number of hydrogen-bond acceptors (Lipinski definition) is 3. The lowest BCUT2D eigenvalue weighted by Gasteiger charge is -2.07. The molecule has 100 valence electrons. The lowest BCUT2D eigenvalue weighted by atomic mass is 10.1. The number of carbonyl (C=O) groups is 1. The normalized spacial score (nSPS) is 11.5. The molecule has 0 saturated carbocycles. The summed E-state index contributed by atoms with van der Waals surface area (Å²) in [6.07, 6.45) is -4.52. The number of halogens is 3. The highest BCUT2D eigenvalue weighted by atomic mass is 19.4. The molecule has 0 spiro atoms. The number of rotatable bonds is 2. The van der Waals surface area contributed by atoms with Crippen LogP contribution in [0, 0.1) is 0 Å². The van der Waals surface area contributed by atoms with E-state index in [2.05, 4.69) is 4.42 Å². The Morgan fingerprint density at radius 1 is 1.26 bits per heavy atom. The van der Waals surface area contributed by atoms with Gasteiger partial charge in [0, 0.05) is 0 Å². The molecule has 0 fully saturated rings. The highest BCUT2D eigenvalue weighted by molar-refractivity contribution is 5.95. The van der Waals surface area contributed by atoms with Crippen molar-refractivity contribution in [2.75, 3.05) is 6.54 Å². The molecule has 7 heteroatoms. The second kappa shape index (κ2) is 4.75. The molecular weight excluding hydrogens is 263 g/mol. The molecule has 2 aromatic rings. The van der Waals surface area contributed by atoms with Gasteiger partial charge in [0.05, 0.1) is 5.39 Å². The summed E-state index contributed by atoms with van der Waals surface area (Å²) in [6, 6.07) is 7.54. The topological polar surface area (TPSA) is 59.3 Å². The molecule has 0 aliphatic carbocycles. The average Bonchev–Trinajstić information content (AvgIpc) is 2.35. The Morgan fingerprint density at radius 2 is 1.95 bits per heavy atom. The van der Waals surface area contributed by atoms with Crippen LogP contribution in [0.1, 0.15) is 10.6 Å². The van der Waals surface area contributed by atoms with Gasteiger partial charge in [-0.1, -0.05) is 18.2 Å². The number of alkyl halides is 3. The summed E-state index contributed by atoms with van der Waals surface area (Å²) in [5, 5.41) is 2.32. The first-order valence-corrected chi connectivity index (χ1v) is 5.25. The van der Waals surface area contributed by atoms with Crippen molar-refractivity contribution >= 4 is 16.7 Å². The van der Waals surface area contributed by atoms with Crippen molar-refractivity contribution in [3.05, 3.63) is 46.5 Å². The first kappa shape index (κ1) is 13.1. The van der Waals surface area contributed by atoms with Crippen LogP contribution in [-0.4, -0.2) is 18.6 Å². The third kappa shape index (κ3) is 3.12. The third-order valence-corrected chi connectivity index (χ3v) is 2.34. The van der Waals surface area contributed by atoms with E-state index >= 15 is 0 Å². The van der Waals surface area contributed by atoms with E-state index in [1.165, 1.54) is 12.1 Å². The van der Waals surface area contributed by atoms with E-state index in [9.17, 15) is 22.8 Å². The largest absolute Gasteiger partial charge is 0.417 e. The summed E-state index contributed by atoms with van der Waals surface area (Å²) >= 11 is 0. The Kier molecular flexibility index (Phi) is 3.28. The Labute approximate surface area is 104 Å². The van der Waals surface area contributed by atoms with Gasteiger partial charge in [-0.3, -0.25) is 4.79 Å². The molecule has 0 unspecified atom stereocenters. The number of nitrogens with one attached hydrogen (secondary N) is 1. The minimum absolute atomic E-state index is 0.259. The SMILES string of the molecule is O=C(NCC(F)(F)F)c1cc2ccccc2c(=O)o1. The van der Waals surface area contributed by atoms with Crippen LogP contribution in [0.5, 0.6) is 0 Å². The van der Waals surface area contributed by atoms with Crippen LogP contribution in [-0.2, 0) is 0 Å². The zero-order valence-electron chi connectivity index (χ0n) is 9.45. The summed E-state index contributed by atoms with van der Waals surface area (Å²) in [5.74, 6) is -1.53. The van der Waals surface area contributed by atoms with Gasteiger partial charge in [-0.15, -0.1) is 0 Å². The van der Waals surface area contributed by atoms with Crippen molar-refractivity contribution in [2.45, 2.75) is 6.18 Å². The number of carbonyl (C=O) groups excluding carboxylic acids is 1. The molecule has 4 nitrogen and oxygen atoms in total. The molecule has 1 aromatic heterocycles. The van der Waals surface area contributed by atoms with Gasteiger partial charge in [0.1, 0.15) is 6.54 Å². The fraction of sp³-hybridized carbons (Fsp3) is 0.167. The zero-order valence-corrected chi connectivity index (χ0v) is 9.45. The van der Waals surface area contributed by atoms with Crippen molar-refractivity contribution in [3.63, 3.8) is 0 Å². The Balaban J connectivity index is 2.31. The van der Waals surface area contributed by atoms with Gasteiger partial charge in [0.25, 0.3) is 5.91 Å². The summed E-state index contributed by atoms with van der Waals surface area (Å²) in [7, 11) is 0. The second-order valence-electron chi connectivity index (χ2n) is 3.78. The van der Waals surface area contributed by atoms with Gasteiger partial charge in [-0.25, -0.2) is 4.79 Å². The molecular formula is C12H8F3NO3. The Morgan fingerprint density at radius 3 is 2.63 bits per heavy atom. The van der Waals surface area contributed by atoms with Crippen LogP contribution in [0.4, 0.5) is 13.2 Å². The fourth-order valence-electron chi connectivity index (χ4n) is 1.51. The van der Waals surface area contributed by atoms with Crippen LogP contribution < -0.4 is 10.9 Å². The number of hydrogen-bond donors (Lipinski definition) is 1. The highest BCUT2D eigenvalue weighted by Gasteiger charge is 2.28. The Bertz CT molecular complexity index is 676. The maximum Gasteiger partial charge on any atom is 0.405 e. The van der Waals surface area contributed by atoms with Gasteiger partial charge >= 0.3 is 11.8 Å². The monoisotopic (exact) mass is 271 g/mol. The van der Waals surface area contributed by atoms with Crippen LogP contribution in [0.25, 0.3) is 10.8 Å². The minimum atomic E-state index is -4.52. The summed E-state index contributed by atoms with van der Waals surface area (Å²) < 4.78 is 40.6. The molecule has 0 saturated heterocycles. The van der Waals surface area contributed by atoms with Crippen LogP contribution >= 0.6 is 0 Å². The molecule has 0 aliphatic heterocycles. The molecule has 19 heavy (non-hydrogen) atoms. The quantitative estimate of drug-likeness (QED) is 0.909. The van der Waals surface area contributed by atoms with Crippen molar-refractivity contribution < 1.29 is 22.4 Å². The van der Waals surface area contributed by atoms with E-state index in [0.29, 0.717) is 5.39 Å². The molecule has 1 heterocycles. The minimum Gasteiger partial charge on any atom is -0.417 e. The molecule has 1 N–H and O–H groups in total. The van der Waals surface area contributed by atoms with Crippen molar-refractivity contribution in [1.82, 2.24) is 5.32 Å². The van der Waals surface area contributed by atoms with E-state index < -0.39 is 30.0 Å². The molecule has 0 aliphatic rings. The first-order chi connectivity index (χ1) is 8.87. The predicted molar refractivity (Wildman–Crippen MR) is 60.9 cm³/mol. The highest BCUT2D eigenvalue weighted by Crippen LogP contribution is 2.14. The maximum absolute atomic E-state index is 12.0. The van der Waals surface area contributed by atoms with Gasteiger partial charge < -0.3 is 9.73 Å². The summed E-state index contributed by atoms with van der Waals surface area (Å²) in [4.78, 5) is 23.0. The van der Waals surface area contributed by atoms with Gasteiger partial charge in [0.15, 0.2) is 5.76 Å². The fourth-order valence-corrected chi connectivity index (χ4v) is 1.51. The molecule has 1 amide bonds. The smallest absolute Gasteiger partial charge is 0.405 e.